The van der Waals surface area contributed by atoms with Crippen LogP contribution in [0.4, 0.5) is 5.82 Å². The summed E-state index contributed by atoms with van der Waals surface area (Å²) in [7, 11) is 2.07. The number of likely N-dealkylation sites (N-methyl/N-ethyl adjacent to an activating group) is 1. The first-order chi connectivity index (χ1) is 15.6. The molecule has 168 valence electrons. The number of carbonyl (C=O) groups excluding carboxylic acids is 1. The SMILES string of the molecule is CN1CCN(C(=O)c2nc3c(NCCC(O)c4ccccc4)nc(C4CC4)nc3s2)CC1. The van der Waals surface area contributed by atoms with Crippen molar-refractivity contribution < 1.29 is 9.90 Å². The molecule has 2 aliphatic rings. The molecule has 1 atom stereocenters. The van der Waals surface area contributed by atoms with Crippen molar-refractivity contribution in [3.05, 3.63) is 46.7 Å². The van der Waals surface area contributed by atoms with Gasteiger partial charge in [-0.15, -0.1) is 0 Å². The normalized spacial score (nSPS) is 18.1. The summed E-state index contributed by atoms with van der Waals surface area (Å²) in [5, 5.41) is 14.3. The number of aliphatic hydroxyl groups excluding tert-OH is 1. The molecule has 1 saturated heterocycles. The summed E-state index contributed by atoms with van der Waals surface area (Å²) in [6.07, 6.45) is 2.20. The number of aliphatic hydroxyl groups is 1. The number of aromatic nitrogens is 3. The van der Waals surface area contributed by atoms with Gasteiger partial charge in [0.05, 0.1) is 6.10 Å². The first-order valence-corrected chi connectivity index (χ1v) is 12.0. The first-order valence-electron chi connectivity index (χ1n) is 11.2. The molecule has 9 heteroatoms. The number of fused-ring (bicyclic) bond motifs is 1. The van der Waals surface area contributed by atoms with E-state index in [1.807, 2.05) is 35.2 Å². The van der Waals surface area contributed by atoms with E-state index >= 15 is 0 Å². The lowest BCUT2D eigenvalue weighted by Crippen LogP contribution is -2.47. The molecule has 1 unspecified atom stereocenters. The van der Waals surface area contributed by atoms with Gasteiger partial charge in [0.1, 0.15) is 16.2 Å². The van der Waals surface area contributed by atoms with Crippen LogP contribution >= 0.6 is 11.3 Å². The van der Waals surface area contributed by atoms with Crippen molar-refractivity contribution in [1.82, 2.24) is 24.8 Å². The number of thiazole rings is 1. The topological polar surface area (TPSA) is 94.5 Å². The molecule has 3 heterocycles. The maximum atomic E-state index is 13.0. The van der Waals surface area contributed by atoms with E-state index in [1.165, 1.54) is 11.3 Å². The van der Waals surface area contributed by atoms with Crippen molar-refractivity contribution in [2.24, 2.45) is 0 Å². The van der Waals surface area contributed by atoms with Crippen molar-refractivity contribution >= 4 is 33.4 Å². The van der Waals surface area contributed by atoms with Gasteiger partial charge in [-0.05, 0) is 31.9 Å². The van der Waals surface area contributed by atoms with Crippen LogP contribution in [0, 0.1) is 0 Å². The third-order valence-corrected chi connectivity index (χ3v) is 7.02. The maximum absolute atomic E-state index is 13.0. The summed E-state index contributed by atoms with van der Waals surface area (Å²) in [5.41, 5.74) is 1.54. The van der Waals surface area contributed by atoms with Gasteiger partial charge in [-0.2, -0.15) is 0 Å². The summed E-state index contributed by atoms with van der Waals surface area (Å²) >= 11 is 1.35. The predicted octanol–water partition coefficient (Wildman–Crippen LogP) is 2.89. The Hall–Kier alpha value is -2.62. The van der Waals surface area contributed by atoms with Crippen molar-refractivity contribution in [2.45, 2.75) is 31.3 Å². The quantitative estimate of drug-likeness (QED) is 0.569. The molecule has 0 radical (unpaired) electrons. The highest BCUT2D eigenvalue weighted by Gasteiger charge is 2.30. The fourth-order valence-electron chi connectivity index (χ4n) is 3.89. The van der Waals surface area contributed by atoms with Crippen molar-refractivity contribution in [1.29, 1.82) is 0 Å². The Morgan fingerprint density at radius 1 is 1.16 bits per heavy atom. The van der Waals surface area contributed by atoms with Crippen LogP contribution in [0.25, 0.3) is 10.3 Å². The van der Waals surface area contributed by atoms with E-state index in [4.69, 9.17) is 9.97 Å². The zero-order valence-electron chi connectivity index (χ0n) is 18.2. The third kappa shape index (κ3) is 4.60. The predicted molar refractivity (Wildman–Crippen MR) is 125 cm³/mol. The lowest BCUT2D eigenvalue weighted by molar-refractivity contribution is 0.0664. The van der Waals surface area contributed by atoms with Gasteiger partial charge in [0.2, 0.25) is 0 Å². The average Bonchev–Trinajstić information content (AvgIpc) is 3.58. The molecular formula is C23H28N6O2S. The molecule has 3 aromatic rings. The highest BCUT2D eigenvalue weighted by molar-refractivity contribution is 7.20. The molecule has 5 rings (SSSR count). The number of nitrogens with zero attached hydrogens (tertiary/aromatic N) is 5. The molecule has 1 aromatic carbocycles. The van der Waals surface area contributed by atoms with Gasteiger partial charge in [-0.3, -0.25) is 4.79 Å². The number of benzene rings is 1. The second-order valence-corrected chi connectivity index (χ2v) is 9.59. The maximum Gasteiger partial charge on any atom is 0.283 e. The van der Waals surface area contributed by atoms with Gasteiger partial charge < -0.3 is 20.2 Å². The largest absolute Gasteiger partial charge is 0.388 e. The molecule has 1 amide bonds. The van der Waals surface area contributed by atoms with E-state index < -0.39 is 6.10 Å². The summed E-state index contributed by atoms with van der Waals surface area (Å²) in [4.78, 5) is 32.0. The Morgan fingerprint density at radius 3 is 2.62 bits per heavy atom. The van der Waals surface area contributed by atoms with Crippen LogP contribution in [-0.2, 0) is 0 Å². The fraction of sp³-hybridized carbons (Fsp3) is 0.478. The zero-order valence-corrected chi connectivity index (χ0v) is 19.0. The van der Waals surface area contributed by atoms with Crippen molar-refractivity contribution in [2.75, 3.05) is 45.1 Å². The molecule has 1 aliphatic heterocycles. The monoisotopic (exact) mass is 452 g/mol. The van der Waals surface area contributed by atoms with Gasteiger partial charge in [0.15, 0.2) is 10.8 Å². The van der Waals surface area contributed by atoms with Crippen LogP contribution in [0.3, 0.4) is 0 Å². The zero-order chi connectivity index (χ0) is 22.1. The third-order valence-electron chi connectivity index (χ3n) is 6.09. The van der Waals surface area contributed by atoms with Crippen molar-refractivity contribution in [3.8, 4) is 0 Å². The Kier molecular flexibility index (Phi) is 6.03. The first kappa shape index (κ1) is 21.2. The van der Waals surface area contributed by atoms with E-state index in [1.54, 1.807) is 0 Å². The van der Waals surface area contributed by atoms with Crippen LogP contribution < -0.4 is 5.32 Å². The summed E-state index contributed by atoms with van der Waals surface area (Å²) < 4.78 is 0. The van der Waals surface area contributed by atoms with Gasteiger partial charge in [0.25, 0.3) is 5.91 Å². The number of hydrogen-bond acceptors (Lipinski definition) is 8. The molecular weight excluding hydrogens is 424 g/mol. The molecule has 2 N–H and O–H groups in total. The Morgan fingerprint density at radius 2 is 1.91 bits per heavy atom. The number of nitrogens with one attached hydrogen (secondary N) is 1. The molecule has 2 fully saturated rings. The number of piperazine rings is 1. The van der Waals surface area contributed by atoms with E-state index in [2.05, 4.69) is 22.2 Å². The highest BCUT2D eigenvalue weighted by atomic mass is 32.1. The summed E-state index contributed by atoms with van der Waals surface area (Å²) in [5.74, 6) is 1.85. The Labute approximate surface area is 191 Å². The van der Waals surface area contributed by atoms with E-state index in [9.17, 15) is 9.90 Å². The Bertz CT molecular complexity index is 1090. The van der Waals surface area contributed by atoms with E-state index in [0.717, 1.165) is 42.1 Å². The van der Waals surface area contributed by atoms with E-state index in [0.29, 0.717) is 48.3 Å². The molecule has 1 aliphatic carbocycles. The second-order valence-electron chi connectivity index (χ2n) is 8.61. The van der Waals surface area contributed by atoms with Crippen LogP contribution in [0.1, 0.15) is 52.5 Å². The van der Waals surface area contributed by atoms with Crippen molar-refractivity contribution in [3.63, 3.8) is 0 Å². The number of anilines is 1. The van der Waals surface area contributed by atoms with Gasteiger partial charge in [-0.25, -0.2) is 15.0 Å². The minimum absolute atomic E-state index is 0.0282. The number of hydrogen-bond donors (Lipinski definition) is 2. The number of amides is 1. The van der Waals surface area contributed by atoms with E-state index in [-0.39, 0.29) is 5.91 Å². The second kappa shape index (κ2) is 9.09. The molecule has 0 spiro atoms. The van der Waals surface area contributed by atoms with Crippen LogP contribution in [-0.4, -0.2) is 75.5 Å². The van der Waals surface area contributed by atoms with Gasteiger partial charge in [0, 0.05) is 38.6 Å². The lowest BCUT2D eigenvalue weighted by atomic mass is 10.1. The molecule has 8 nitrogen and oxygen atoms in total. The molecule has 0 bridgehead atoms. The minimum atomic E-state index is -0.547. The summed E-state index contributed by atoms with van der Waals surface area (Å²) in [6, 6.07) is 9.64. The summed E-state index contributed by atoms with van der Waals surface area (Å²) in [6.45, 7) is 3.72. The van der Waals surface area contributed by atoms with Gasteiger partial charge in [-0.1, -0.05) is 41.7 Å². The standard InChI is InChI=1S/C23H28N6O2S/c1-28-11-13-29(14-12-28)23(31)22-25-18-20(26-19(16-7-8-16)27-21(18)32-22)24-10-9-17(30)15-5-3-2-4-6-15/h2-6,16-17,30H,7-14H2,1H3,(H,24,26,27). The number of rotatable bonds is 7. The lowest BCUT2D eigenvalue weighted by Gasteiger charge is -2.31. The average molecular weight is 453 g/mol. The van der Waals surface area contributed by atoms with Crippen LogP contribution in [0.15, 0.2) is 30.3 Å². The molecule has 32 heavy (non-hydrogen) atoms. The van der Waals surface area contributed by atoms with Crippen LogP contribution in [0.2, 0.25) is 0 Å². The van der Waals surface area contributed by atoms with Gasteiger partial charge >= 0.3 is 0 Å². The molecule has 2 aromatic heterocycles. The smallest absolute Gasteiger partial charge is 0.283 e. The molecule has 1 saturated carbocycles. The highest BCUT2D eigenvalue weighted by Crippen LogP contribution is 2.40. The minimum Gasteiger partial charge on any atom is -0.388 e. The van der Waals surface area contributed by atoms with Crippen LogP contribution in [0.5, 0.6) is 0 Å². The number of carbonyl (C=O) groups is 1. The Balaban J connectivity index is 1.34. The fourth-order valence-corrected chi connectivity index (χ4v) is 4.81.